The van der Waals surface area contributed by atoms with Crippen LogP contribution in [0.5, 0.6) is 0 Å². The molecule has 8 heteroatoms. The summed E-state index contributed by atoms with van der Waals surface area (Å²) in [5.74, 6) is 0.371. The van der Waals surface area contributed by atoms with Gasteiger partial charge in [-0.15, -0.1) is 0 Å². The van der Waals surface area contributed by atoms with Crippen molar-refractivity contribution in [3.05, 3.63) is 58.6 Å². The predicted molar refractivity (Wildman–Crippen MR) is 120 cm³/mol. The minimum atomic E-state index is -0.436. The van der Waals surface area contributed by atoms with E-state index in [4.69, 9.17) is 14.2 Å². The van der Waals surface area contributed by atoms with Crippen molar-refractivity contribution < 1.29 is 18.8 Å². The van der Waals surface area contributed by atoms with Gasteiger partial charge in [-0.25, -0.2) is 4.98 Å². The number of aryl methyl sites for hydroxylation is 1. The SMILES string of the molecule is Cc1onc(C(C)C)c1C(=O)N1CCO[C@@H](c2cc(C(=O)N(C)C)c3ccccc3n2)C1. The number of benzene rings is 1. The van der Waals surface area contributed by atoms with Crippen LogP contribution in [0.2, 0.25) is 0 Å². The Labute approximate surface area is 187 Å². The summed E-state index contributed by atoms with van der Waals surface area (Å²) in [4.78, 5) is 34.2. The number of morpholine rings is 1. The van der Waals surface area contributed by atoms with Gasteiger partial charge in [-0.2, -0.15) is 0 Å². The van der Waals surface area contributed by atoms with Crippen molar-refractivity contribution in [1.82, 2.24) is 19.9 Å². The standard InChI is InChI=1S/C24H28N4O4/c1-14(2)22-21(15(3)32-26-22)24(30)28-10-11-31-20(13-28)19-12-17(23(29)27(4)5)16-8-6-7-9-18(16)25-19/h6-9,12,14,20H,10-11,13H2,1-5H3/t20-/m1/s1. The Hall–Kier alpha value is -3.26. The number of rotatable bonds is 4. The van der Waals surface area contributed by atoms with Gasteiger partial charge in [-0.05, 0) is 25.0 Å². The van der Waals surface area contributed by atoms with Gasteiger partial charge < -0.3 is 19.1 Å². The molecule has 1 fully saturated rings. The maximum atomic E-state index is 13.3. The molecular weight excluding hydrogens is 408 g/mol. The van der Waals surface area contributed by atoms with E-state index in [1.165, 1.54) is 0 Å². The summed E-state index contributed by atoms with van der Waals surface area (Å²) in [5, 5.41) is 4.87. The van der Waals surface area contributed by atoms with Gasteiger partial charge >= 0.3 is 0 Å². The Bertz CT molecular complexity index is 1170. The van der Waals surface area contributed by atoms with Crippen molar-refractivity contribution in [3.63, 3.8) is 0 Å². The van der Waals surface area contributed by atoms with Crippen molar-refractivity contribution in [2.45, 2.75) is 32.8 Å². The lowest BCUT2D eigenvalue weighted by Gasteiger charge is -2.33. The third-order valence-electron chi connectivity index (χ3n) is 5.71. The zero-order chi connectivity index (χ0) is 23.0. The fourth-order valence-corrected chi connectivity index (χ4v) is 3.99. The summed E-state index contributed by atoms with van der Waals surface area (Å²) in [6.45, 7) is 6.91. The summed E-state index contributed by atoms with van der Waals surface area (Å²) in [6, 6.07) is 9.34. The molecule has 0 saturated carbocycles. The lowest BCUT2D eigenvalue weighted by molar-refractivity contribution is -0.0247. The number of carbonyl (C=O) groups is 2. The Morgan fingerprint density at radius 1 is 1.22 bits per heavy atom. The van der Waals surface area contributed by atoms with E-state index in [2.05, 4.69) is 5.16 Å². The molecule has 4 rings (SSSR count). The Kier molecular flexibility index (Phi) is 5.97. The van der Waals surface area contributed by atoms with Gasteiger partial charge in [0.2, 0.25) is 0 Å². The molecule has 0 bridgehead atoms. The van der Waals surface area contributed by atoms with Crippen LogP contribution >= 0.6 is 0 Å². The van der Waals surface area contributed by atoms with Crippen molar-refractivity contribution in [2.24, 2.45) is 0 Å². The van der Waals surface area contributed by atoms with Crippen LogP contribution in [-0.2, 0) is 4.74 Å². The molecule has 1 atom stereocenters. The van der Waals surface area contributed by atoms with E-state index in [9.17, 15) is 9.59 Å². The first kappa shape index (κ1) is 22.0. The molecule has 0 aliphatic carbocycles. The summed E-state index contributed by atoms with van der Waals surface area (Å²) in [5.41, 5.74) is 3.12. The third kappa shape index (κ3) is 3.98. The molecule has 2 aromatic heterocycles. The first-order valence-corrected chi connectivity index (χ1v) is 10.8. The molecule has 8 nitrogen and oxygen atoms in total. The van der Waals surface area contributed by atoms with Crippen molar-refractivity contribution in [3.8, 4) is 0 Å². The molecule has 168 valence electrons. The lowest BCUT2D eigenvalue weighted by Crippen LogP contribution is -2.43. The monoisotopic (exact) mass is 436 g/mol. The summed E-state index contributed by atoms with van der Waals surface area (Å²) in [7, 11) is 3.45. The minimum Gasteiger partial charge on any atom is -0.368 e. The van der Waals surface area contributed by atoms with E-state index in [1.54, 1.807) is 36.9 Å². The molecular formula is C24H28N4O4. The molecule has 1 saturated heterocycles. The molecule has 1 aliphatic rings. The van der Waals surface area contributed by atoms with Crippen LogP contribution in [0, 0.1) is 6.92 Å². The molecule has 3 aromatic rings. The average molecular weight is 437 g/mol. The number of carbonyl (C=O) groups excluding carboxylic acids is 2. The fourth-order valence-electron chi connectivity index (χ4n) is 3.99. The highest BCUT2D eigenvalue weighted by molar-refractivity contribution is 6.06. The van der Waals surface area contributed by atoms with E-state index in [-0.39, 0.29) is 17.7 Å². The van der Waals surface area contributed by atoms with Crippen molar-refractivity contribution >= 4 is 22.7 Å². The third-order valence-corrected chi connectivity index (χ3v) is 5.71. The molecule has 0 radical (unpaired) electrons. The molecule has 0 spiro atoms. The Morgan fingerprint density at radius 3 is 2.69 bits per heavy atom. The first-order valence-electron chi connectivity index (χ1n) is 10.8. The van der Waals surface area contributed by atoms with Gasteiger partial charge in [0.1, 0.15) is 17.4 Å². The molecule has 2 amide bonds. The van der Waals surface area contributed by atoms with Crippen LogP contribution in [0.1, 0.15) is 63.7 Å². The zero-order valence-electron chi connectivity index (χ0n) is 19.1. The lowest BCUT2D eigenvalue weighted by atomic mass is 10.0. The predicted octanol–water partition coefficient (Wildman–Crippen LogP) is 3.57. The highest BCUT2D eigenvalue weighted by Gasteiger charge is 2.32. The van der Waals surface area contributed by atoms with Crippen molar-refractivity contribution in [1.29, 1.82) is 0 Å². The van der Waals surface area contributed by atoms with E-state index >= 15 is 0 Å². The summed E-state index contributed by atoms with van der Waals surface area (Å²) < 4.78 is 11.3. The van der Waals surface area contributed by atoms with Crippen LogP contribution in [0.25, 0.3) is 10.9 Å². The van der Waals surface area contributed by atoms with Gasteiger partial charge in [-0.3, -0.25) is 9.59 Å². The average Bonchev–Trinajstić information content (AvgIpc) is 3.19. The van der Waals surface area contributed by atoms with Crippen molar-refractivity contribution in [2.75, 3.05) is 33.8 Å². The van der Waals surface area contributed by atoms with Gasteiger partial charge in [-0.1, -0.05) is 37.2 Å². The number of nitrogens with zero attached hydrogens (tertiary/aromatic N) is 4. The Morgan fingerprint density at radius 2 is 1.97 bits per heavy atom. The fraction of sp³-hybridized carbons (Fsp3) is 0.417. The van der Waals surface area contributed by atoms with Crippen LogP contribution in [0.3, 0.4) is 0 Å². The number of pyridine rings is 1. The highest BCUT2D eigenvalue weighted by atomic mass is 16.5. The number of para-hydroxylation sites is 1. The maximum absolute atomic E-state index is 13.3. The zero-order valence-corrected chi connectivity index (χ0v) is 19.1. The van der Waals surface area contributed by atoms with Crippen LogP contribution in [-0.4, -0.2) is 65.5 Å². The van der Waals surface area contributed by atoms with Crippen LogP contribution in [0.4, 0.5) is 0 Å². The largest absolute Gasteiger partial charge is 0.368 e. The van der Waals surface area contributed by atoms with Crippen LogP contribution in [0.15, 0.2) is 34.9 Å². The number of hydrogen-bond acceptors (Lipinski definition) is 6. The van der Waals surface area contributed by atoms with Gasteiger partial charge in [0.15, 0.2) is 0 Å². The normalized spacial score (nSPS) is 16.6. The number of ether oxygens (including phenoxy) is 1. The molecule has 0 unspecified atom stereocenters. The van der Waals surface area contributed by atoms with Gasteiger partial charge in [0.05, 0.1) is 35.6 Å². The highest BCUT2D eigenvalue weighted by Crippen LogP contribution is 2.29. The Balaban J connectivity index is 1.68. The number of fused-ring (bicyclic) bond motifs is 1. The summed E-state index contributed by atoms with van der Waals surface area (Å²) >= 11 is 0. The van der Waals surface area contributed by atoms with E-state index in [1.807, 2.05) is 38.1 Å². The number of aromatic nitrogens is 2. The molecule has 0 N–H and O–H groups in total. The van der Waals surface area contributed by atoms with Gasteiger partial charge in [0.25, 0.3) is 11.8 Å². The molecule has 1 aliphatic heterocycles. The second kappa shape index (κ2) is 8.70. The van der Waals surface area contributed by atoms with E-state index in [0.29, 0.717) is 48.0 Å². The van der Waals surface area contributed by atoms with Crippen LogP contribution < -0.4 is 0 Å². The summed E-state index contributed by atoms with van der Waals surface area (Å²) in [6.07, 6.45) is -0.436. The maximum Gasteiger partial charge on any atom is 0.259 e. The first-order chi connectivity index (χ1) is 15.3. The smallest absolute Gasteiger partial charge is 0.259 e. The van der Waals surface area contributed by atoms with E-state index < -0.39 is 6.10 Å². The quantitative estimate of drug-likeness (QED) is 0.621. The molecule has 32 heavy (non-hydrogen) atoms. The topological polar surface area (TPSA) is 88.8 Å². The van der Waals surface area contributed by atoms with Gasteiger partial charge in [0, 0.05) is 26.0 Å². The number of hydrogen-bond donors (Lipinski definition) is 0. The molecule has 3 heterocycles. The second-order valence-corrected chi connectivity index (χ2v) is 8.58. The van der Waals surface area contributed by atoms with E-state index in [0.717, 1.165) is 10.9 Å². The second-order valence-electron chi connectivity index (χ2n) is 8.58. The molecule has 1 aromatic carbocycles. The minimum absolute atomic E-state index is 0.0741. The number of amides is 2.